The second kappa shape index (κ2) is 8.54. The molecule has 27 heavy (non-hydrogen) atoms. The fraction of sp³-hybridized carbons (Fsp3) is 0.350. The van der Waals surface area contributed by atoms with Gasteiger partial charge in [-0.15, -0.1) is 0 Å². The molecule has 1 saturated heterocycles. The van der Waals surface area contributed by atoms with E-state index in [1.807, 2.05) is 0 Å². The maximum atomic E-state index is 12.3. The Morgan fingerprint density at radius 1 is 1.19 bits per heavy atom. The number of sulfone groups is 1. The van der Waals surface area contributed by atoms with Gasteiger partial charge in [0.1, 0.15) is 16.4 Å². The Bertz CT molecular complexity index is 888. The summed E-state index contributed by atoms with van der Waals surface area (Å²) in [5.41, 5.74) is 0.687. The largest absolute Gasteiger partial charge is 0.456 e. The van der Waals surface area contributed by atoms with Gasteiger partial charge in [0.05, 0.1) is 11.7 Å². The third-order valence-corrected chi connectivity index (χ3v) is 6.35. The average Bonchev–Trinajstić information content (AvgIpc) is 2.70. The number of carbonyl (C=O) groups excluding carboxylic acids is 1. The molecule has 1 atom stereocenters. The van der Waals surface area contributed by atoms with Gasteiger partial charge in [-0.2, -0.15) is 0 Å². The Labute approximate surface area is 159 Å². The number of carbonyl (C=O) groups is 1. The maximum Gasteiger partial charge on any atom is 0.228 e. The summed E-state index contributed by atoms with van der Waals surface area (Å²) in [6.07, 6.45) is 1.90. The molecule has 1 heterocycles. The summed E-state index contributed by atoms with van der Waals surface area (Å²) in [6.45, 7) is 3.27. The number of nitrogens with one attached hydrogen (secondary N) is 2. The molecule has 2 aromatic carbocycles. The van der Waals surface area contributed by atoms with E-state index in [0.717, 1.165) is 19.4 Å². The molecule has 3 rings (SSSR count). The molecule has 1 fully saturated rings. The minimum absolute atomic E-state index is 0.00830. The van der Waals surface area contributed by atoms with Gasteiger partial charge in [0.2, 0.25) is 5.91 Å². The van der Waals surface area contributed by atoms with Gasteiger partial charge < -0.3 is 15.4 Å². The molecule has 144 valence electrons. The molecule has 1 unspecified atom stereocenters. The van der Waals surface area contributed by atoms with E-state index in [2.05, 4.69) is 10.6 Å². The topological polar surface area (TPSA) is 84.5 Å². The van der Waals surface area contributed by atoms with E-state index in [-0.39, 0.29) is 22.5 Å². The van der Waals surface area contributed by atoms with Crippen molar-refractivity contribution in [2.45, 2.75) is 24.7 Å². The Balaban J connectivity index is 1.69. The third kappa shape index (κ3) is 4.87. The molecule has 2 N–H and O–H groups in total. The van der Waals surface area contributed by atoms with E-state index in [9.17, 15) is 13.2 Å². The van der Waals surface area contributed by atoms with Crippen LogP contribution in [0.2, 0.25) is 0 Å². The number of para-hydroxylation sites is 1. The zero-order valence-electron chi connectivity index (χ0n) is 15.3. The SMILES string of the molecule is CCS(=O)(=O)c1ccccc1Oc1ccc(NC(=O)C2CCCNC2)cc1. The highest BCUT2D eigenvalue weighted by Gasteiger charge is 2.21. The molecule has 2 aromatic rings. The number of anilines is 1. The van der Waals surface area contributed by atoms with Gasteiger partial charge in [0.25, 0.3) is 0 Å². The first kappa shape index (κ1) is 19.4. The second-order valence-corrected chi connectivity index (χ2v) is 8.76. The molecular formula is C20H24N2O4S. The molecule has 1 aliphatic heterocycles. The van der Waals surface area contributed by atoms with Crippen molar-refractivity contribution in [3.05, 3.63) is 48.5 Å². The molecule has 0 radical (unpaired) electrons. The predicted octanol–water partition coefficient (Wildman–Crippen LogP) is 3.21. The molecule has 1 aliphatic rings. The van der Waals surface area contributed by atoms with Gasteiger partial charge in [0.15, 0.2) is 9.84 Å². The minimum Gasteiger partial charge on any atom is -0.456 e. The van der Waals surface area contributed by atoms with Crippen LogP contribution < -0.4 is 15.4 Å². The highest BCUT2D eigenvalue weighted by atomic mass is 32.2. The Morgan fingerprint density at radius 2 is 1.93 bits per heavy atom. The molecule has 0 aliphatic carbocycles. The summed E-state index contributed by atoms with van der Waals surface area (Å²) < 4.78 is 30.2. The lowest BCUT2D eigenvalue weighted by Gasteiger charge is -2.21. The zero-order chi connectivity index (χ0) is 19.3. The van der Waals surface area contributed by atoms with E-state index in [1.165, 1.54) is 0 Å². The molecular weight excluding hydrogens is 364 g/mol. The number of hydrogen-bond acceptors (Lipinski definition) is 5. The van der Waals surface area contributed by atoms with Crippen LogP contribution in [0, 0.1) is 5.92 Å². The Kier molecular flexibility index (Phi) is 6.13. The van der Waals surface area contributed by atoms with Crippen molar-refractivity contribution < 1.29 is 17.9 Å². The molecule has 0 bridgehead atoms. The number of rotatable bonds is 6. The first-order valence-corrected chi connectivity index (χ1v) is 10.8. The lowest BCUT2D eigenvalue weighted by molar-refractivity contribution is -0.120. The van der Waals surface area contributed by atoms with Crippen molar-refractivity contribution in [3.8, 4) is 11.5 Å². The normalized spacial score (nSPS) is 17.3. The van der Waals surface area contributed by atoms with Gasteiger partial charge in [-0.3, -0.25) is 4.79 Å². The molecule has 6 nitrogen and oxygen atoms in total. The number of amides is 1. The fourth-order valence-electron chi connectivity index (χ4n) is 3.00. The van der Waals surface area contributed by atoms with Gasteiger partial charge >= 0.3 is 0 Å². The van der Waals surface area contributed by atoms with Crippen LogP contribution in [-0.2, 0) is 14.6 Å². The van der Waals surface area contributed by atoms with Crippen molar-refractivity contribution in [2.75, 3.05) is 24.2 Å². The first-order valence-electron chi connectivity index (χ1n) is 9.11. The highest BCUT2D eigenvalue weighted by Crippen LogP contribution is 2.30. The van der Waals surface area contributed by atoms with Crippen LogP contribution in [0.3, 0.4) is 0 Å². The smallest absolute Gasteiger partial charge is 0.228 e. The van der Waals surface area contributed by atoms with E-state index < -0.39 is 9.84 Å². The molecule has 7 heteroatoms. The summed E-state index contributed by atoms with van der Waals surface area (Å²) in [5.74, 6) is 0.806. The molecule has 0 aromatic heterocycles. The number of ether oxygens (including phenoxy) is 1. The van der Waals surface area contributed by atoms with Crippen LogP contribution in [0.15, 0.2) is 53.4 Å². The molecule has 1 amide bonds. The first-order chi connectivity index (χ1) is 13.0. The van der Waals surface area contributed by atoms with Crippen LogP contribution in [0.1, 0.15) is 19.8 Å². The van der Waals surface area contributed by atoms with Crippen molar-refractivity contribution in [1.29, 1.82) is 0 Å². The minimum atomic E-state index is -3.37. The Hall–Kier alpha value is -2.38. The summed E-state index contributed by atoms with van der Waals surface area (Å²) in [5, 5.41) is 6.15. The van der Waals surface area contributed by atoms with Gasteiger partial charge in [-0.25, -0.2) is 8.42 Å². The van der Waals surface area contributed by atoms with Gasteiger partial charge in [0, 0.05) is 12.2 Å². The van der Waals surface area contributed by atoms with Crippen molar-refractivity contribution in [1.82, 2.24) is 5.32 Å². The van der Waals surface area contributed by atoms with E-state index in [0.29, 0.717) is 23.7 Å². The molecule has 0 saturated carbocycles. The van der Waals surface area contributed by atoms with Crippen LogP contribution >= 0.6 is 0 Å². The fourth-order valence-corrected chi connectivity index (χ4v) is 4.01. The predicted molar refractivity (Wildman–Crippen MR) is 105 cm³/mol. The van der Waals surface area contributed by atoms with E-state index in [4.69, 9.17) is 4.74 Å². The van der Waals surface area contributed by atoms with Crippen molar-refractivity contribution in [3.63, 3.8) is 0 Å². The maximum absolute atomic E-state index is 12.3. The lowest BCUT2D eigenvalue weighted by Crippen LogP contribution is -2.37. The average molecular weight is 388 g/mol. The Morgan fingerprint density at radius 3 is 2.59 bits per heavy atom. The van der Waals surface area contributed by atoms with Crippen LogP contribution in [0.5, 0.6) is 11.5 Å². The molecule has 0 spiro atoms. The monoisotopic (exact) mass is 388 g/mol. The highest BCUT2D eigenvalue weighted by molar-refractivity contribution is 7.91. The van der Waals surface area contributed by atoms with E-state index in [1.54, 1.807) is 55.5 Å². The lowest BCUT2D eigenvalue weighted by atomic mass is 9.99. The quantitative estimate of drug-likeness (QED) is 0.794. The number of benzene rings is 2. The summed E-state index contributed by atoms with van der Waals surface area (Å²) >= 11 is 0. The van der Waals surface area contributed by atoms with Crippen molar-refractivity contribution >= 4 is 21.4 Å². The summed E-state index contributed by atoms with van der Waals surface area (Å²) in [7, 11) is -3.37. The van der Waals surface area contributed by atoms with Crippen LogP contribution in [0.4, 0.5) is 5.69 Å². The summed E-state index contributed by atoms with van der Waals surface area (Å²) in [6, 6.07) is 13.5. The van der Waals surface area contributed by atoms with Crippen LogP contribution in [0.25, 0.3) is 0 Å². The second-order valence-electron chi connectivity index (χ2n) is 6.51. The van der Waals surface area contributed by atoms with E-state index >= 15 is 0 Å². The standard InChI is InChI=1S/C20H24N2O4S/c1-2-27(24,25)19-8-4-3-7-18(19)26-17-11-9-16(10-12-17)22-20(23)15-6-5-13-21-14-15/h3-4,7-12,15,21H,2,5-6,13-14H2,1H3,(H,22,23). The van der Waals surface area contributed by atoms with Gasteiger partial charge in [-0.1, -0.05) is 19.1 Å². The third-order valence-electron chi connectivity index (χ3n) is 4.58. The number of piperidine rings is 1. The van der Waals surface area contributed by atoms with Crippen molar-refractivity contribution in [2.24, 2.45) is 5.92 Å². The zero-order valence-corrected chi connectivity index (χ0v) is 16.1. The number of hydrogen-bond donors (Lipinski definition) is 2. The van der Waals surface area contributed by atoms with Gasteiger partial charge in [-0.05, 0) is 55.8 Å². The summed E-state index contributed by atoms with van der Waals surface area (Å²) in [4.78, 5) is 12.5. The van der Waals surface area contributed by atoms with Crippen LogP contribution in [-0.4, -0.2) is 33.2 Å².